The van der Waals surface area contributed by atoms with Crippen molar-refractivity contribution < 1.29 is 4.79 Å². The van der Waals surface area contributed by atoms with Gasteiger partial charge in [0.1, 0.15) is 0 Å². The van der Waals surface area contributed by atoms with Crippen molar-refractivity contribution in [2.24, 2.45) is 5.92 Å². The Morgan fingerprint density at radius 2 is 2.17 bits per heavy atom. The van der Waals surface area contributed by atoms with Crippen LogP contribution in [0.3, 0.4) is 0 Å². The molecule has 0 saturated heterocycles. The SMILES string of the molecule is CC(C#N)CNC(=O)c1cc(-c2cccs2)nc2ccccc12. The number of nitriles is 1. The zero-order valence-electron chi connectivity index (χ0n) is 12.6. The first-order chi connectivity index (χ1) is 11.2. The highest BCUT2D eigenvalue weighted by molar-refractivity contribution is 7.13. The van der Waals surface area contributed by atoms with Crippen LogP contribution in [0.4, 0.5) is 0 Å². The molecule has 0 bridgehead atoms. The van der Waals surface area contributed by atoms with E-state index in [4.69, 9.17) is 5.26 Å². The van der Waals surface area contributed by atoms with Gasteiger partial charge in [0.2, 0.25) is 0 Å². The molecule has 1 atom stereocenters. The molecule has 1 aromatic carbocycles. The molecule has 3 rings (SSSR count). The summed E-state index contributed by atoms with van der Waals surface area (Å²) < 4.78 is 0. The van der Waals surface area contributed by atoms with Gasteiger partial charge in [0.25, 0.3) is 5.91 Å². The number of rotatable bonds is 4. The lowest BCUT2D eigenvalue weighted by atomic mass is 10.1. The molecule has 114 valence electrons. The number of carbonyl (C=O) groups is 1. The average molecular weight is 321 g/mol. The van der Waals surface area contributed by atoms with Gasteiger partial charge >= 0.3 is 0 Å². The number of fused-ring (bicyclic) bond motifs is 1. The van der Waals surface area contributed by atoms with Crippen LogP contribution < -0.4 is 5.32 Å². The minimum atomic E-state index is -0.219. The fourth-order valence-electron chi connectivity index (χ4n) is 2.30. The van der Waals surface area contributed by atoms with Crippen LogP contribution in [0.25, 0.3) is 21.5 Å². The number of para-hydroxylation sites is 1. The summed E-state index contributed by atoms with van der Waals surface area (Å²) in [5, 5.41) is 14.5. The highest BCUT2D eigenvalue weighted by Crippen LogP contribution is 2.27. The quantitative estimate of drug-likeness (QED) is 0.793. The minimum Gasteiger partial charge on any atom is -0.351 e. The maximum Gasteiger partial charge on any atom is 0.252 e. The van der Waals surface area contributed by atoms with E-state index < -0.39 is 0 Å². The first-order valence-electron chi connectivity index (χ1n) is 7.30. The summed E-state index contributed by atoms with van der Waals surface area (Å²) in [7, 11) is 0. The zero-order chi connectivity index (χ0) is 16.2. The van der Waals surface area contributed by atoms with Gasteiger partial charge in [-0.3, -0.25) is 4.79 Å². The van der Waals surface area contributed by atoms with Crippen molar-refractivity contribution in [3.05, 3.63) is 53.4 Å². The topological polar surface area (TPSA) is 65.8 Å². The summed E-state index contributed by atoms with van der Waals surface area (Å²) in [5.41, 5.74) is 2.17. The standard InChI is InChI=1S/C18H15N3OS/c1-12(10-19)11-20-18(22)14-9-16(17-7-4-8-23-17)21-15-6-3-2-5-13(14)15/h2-9,12H,11H2,1H3,(H,20,22). The summed E-state index contributed by atoms with van der Waals surface area (Å²) in [6.07, 6.45) is 0. The van der Waals surface area contributed by atoms with E-state index in [2.05, 4.69) is 16.4 Å². The third kappa shape index (κ3) is 3.22. The molecule has 0 aliphatic rings. The molecule has 0 aliphatic carbocycles. The van der Waals surface area contributed by atoms with Gasteiger partial charge in [0, 0.05) is 11.9 Å². The molecule has 1 unspecified atom stereocenters. The second-order valence-electron chi connectivity index (χ2n) is 5.29. The summed E-state index contributed by atoms with van der Waals surface area (Å²) in [6.45, 7) is 2.11. The minimum absolute atomic E-state index is 0.177. The number of carbonyl (C=O) groups excluding carboxylic acids is 1. The van der Waals surface area contributed by atoms with Crippen LogP contribution in [0.1, 0.15) is 17.3 Å². The first-order valence-corrected chi connectivity index (χ1v) is 8.18. The molecule has 0 fully saturated rings. The van der Waals surface area contributed by atoms with Gasteiger partial charge in [-0.15, -0.1) is 11.3 Å². The first kappa shape index (κ1) is 15.2. The second kappa shape index (κ2) is 6.59. The van der Waals surface area contributed by atoms with Crippen LogP contribution >= 0.6 is 11.3 Å². The predicted molar refractivity (Wildman–Crippen MR) is 92.2 cm³/mol. The van der Waals surface area contributed by atoms with Crippen LogP contribution in [0, 0.1) is 17.2 Å². The molecule has 1 N–H and O–H groups in total. The number of nitrogens with one attached hydrogen (secondary N) is 1. The molecule has 0 saturated carbocycles. The Balaban J connectivity index is 2.04. The summed E-state index contributed by atoms with van der Waals surface area (Å²) >= 11 is 1.59. The van der Waals surface area contributed by atoms with Crippen molar-refractivity contribution in [3.8, 4) is 16.6 Å². The molecular weight excluding hydrogens is 306 g/mol. The number of nitrogens with zero attached hydrogens (tertiary/aromatic N) is 2. The lowest BCUT2D eigenvalue weighted by molar-refractivity contribution is 0.0952. The normalized spacial score (nSPS) is 11.8. The molecule has 23 heavy (non-hydrogen) atoms. The van der Waals surface area contributed by atoms with E-state index >= 15 is 0 Å². The van der Waals surface area contributed by atoms with Crippen molar-refractivity contribution in [2.45, 2.75) is 6.92 Å². The average Bonchev–Trinajstić information content (AvgIpc) is 3.13. The maximum atomic E-state index is 12.6. The van der Waals surface area contributed by atoms with E-state index in [1.54, 1.807) is 18.3 Å². The van der Waals surface area contributed by atoms with Gasteiger partial charge in [0.05, 0.1) is 33.6 Å². The van der Waals surface area contributed by atoms with Crippen molar-refractivity contribution >= 4 is 28.1 Å². The van der Waals surface area contributed by atoms with Crippen LogP contribution in [-0.2, 0) is 0 Å². The van der Waals surface area contributed by atoms with Crippen LogP contribution in [0.2, 0.25) is 0 Å². The number of pyridine rings is 1. The van der Waals surface area contributed by atoms with Gasteiger partial charge in [-0.25, -0.2) is 4.98 Å². The highest BCUT2D eigenvalue weighted by Gasteiger charge is 2.14. The number of hydrogen-bond acceptors (Lipinski definition) is 4. The third-order valence-electron chi connectivity index (χ3n) is 3.52. The van der Waals surface area contributed by atoms with Gasteiger partial charge in [0.15, 0.2) is 0 Å². The summed E-state index contributed by atoms with van der Waals surface area (Å²) in [6, 6.07) is 15.5. The molecule has 2 heterocycles. The number of hydrogen-bond donors (Lipinski definition) is 1. The monoisotopic (exact) mass is 321 g/mol. The maximum absolute atomic E-state index is 12.6. The van der Waals surface area contributed by atoms with E-state index in [0.29, 0.717) is 12.1 Å². The summed E-state index contributed by atoms with van der Waals surface area (Å²) in [4.78, 5) is 18.2. The van der Waals surface area contributed by atoms with E-state index in [1.165, 1.54) is 0 Å². The lowest BCUT2D eigenvalue weighted by Crippen LogP contribution is -2.28. The predicted octanol–water partition coefficient (Wildman–Crippen LogP) is 3.85. The van der Waals surface area contributed by atoms with Gasteiger partial charge < -0.3 is 5.32 Å². The number of thiophene rings is 1. The molecule has 0 radical (unpaired) electrons. The van der Waals surface area contributed by atoms with Crippen LogP contribution in [0.5, 0.6) is 0 Å². The molecule has 0 spiro atoms. The summed E-state index contributed by atoms with van der Waals surface area (Å²) in [5.74, 6) is -0.396. The van der Waals surface area contributed by atoms with E-state index in [1.807, 2.05) is 47.8 Å². The van der Waals surface area contributed by atoms with Gasteiger partial charge in [-0.1, -0.05) is 24.3 Å². The molecule has 0 aliphatic heterocycles. The van der Waals surface area contributed by atoms with Crippen molar-refractivity contribution in [3.63, 3.8) is 0 Å². The van der Waals surface area contributed by atoms with Crippen molar-refractivity contribution in [1.29, 1.82) is 5.26 Å². The Kier molecular flexibility index (Phi) is 4.35. The molecule has 2 aromatic heterocycles. The highest BCUT2D eigenvalue weighted by atomic mass is 32.1. The van der Waals surface area contributed by atoms with E-state index in [0.717, 1.165) is 21.5 Å². The number of benzene rings is 1. The molecule has 3 aromatic rings. The molecule has 5 heteroatoms. The number of aromatic nitrogens is 1. The van der Waals surface area contributed by atoms with Crippen molar-refractivity contribution in [1.82, 2.24) is 10.3 Å². The molecule has 4 nitrogen and oxygen atoms in total. The van der Waals surface area contributed by atoms with Gasteiger partial charge in [-0.05, 0) is 30.5 Å². The largest absolute Gasteiger partial charge is 0.351 e. The second-order valence-corrected chi connectivity index (χ2v) is 6.24. The van der Waals surface area contributed by atoms with Crippen LogP contribution in [0.15, 0.2) is 47.8 Å². The van der Waals surface area contributed by atoms with Gasteiger partial charge in [-0.2, -0.15) is 5.26 Å². The Bertz CT molecular complexity index is 881. The van der Waals surface area contributed by atoms with E-state index in [9.17, 15) is 4.79 Å². The smallest absolute Gasteiger partial charge is 0.252 e. The fourth-order valence-corrected chi connectivity index (χ4v) is 2.99. The fraction of sp³-hybridized carbons (Fsp3) is 0.167. The zero-order valence-corrected chi connectivity index (χ0v) is 13.4. The Hall–Kier alpha value is -2.71. The van der Waals surface area contributed by atoms with E-state index in [-0.39, 0.29) is 11.8 Å². The lowest BCUT2D eigenvalue weighted by Gasteiger charge is -2.10. The van der Waals surface area contributed by atoms with Crippen LogP contribution in [-0.4, -0.2) is 17.4 Å². The third-order valence-corrected chi connectivity index (χ3v) is 4.42. The molecular formula is C18H15N3OS. The molecule has 1 amide bonds. The van der Waals surface area contributed by atoms with Crippen molar-refractivity contribution in [2.75, 3.05) is 6.54 Å². The Labute approximate surface area is 138 Å². The Morgan fingerprint density at radius 3 is 2.91 bits per heavy atom. The number of amides is 1. The Morgan fingerprint density at radius 1 is 1.35 bits per heavy atom.